The Morgan fingerprint density at radius 3 is 2.52 bits per heavy atom. The highest BCUT2D eigenvalue weighted by molar-refractivity contribution is 6.15. The molecule has 0 aliphatic heterocycles. The smallest absolute Gasteiger partial charge is 0.195 e. The van der Waals surface area contributed by atoms with E-state index in [9.17, 15) is 14.1 Å². The molecule has 102 valence electrons. The van der Waals surface area contributed by atoms with Crippen LogP contribution in [0.1, 0.15) is 15.9 Å². The molecule has 0 aliphatic carbocycles. The molecule has 0 unspecified atom stereocenters. The molecule has 21 heavy (non-hydrogen) atoms. The van der Waals surface area contributed by atoms with E-state index in [1.54, 1.807) is 18.2 Å². The number of hydrogen-bond donors (Lipinski definition) is 0. The number of carbonyl (C=O) groups is 1. The van der Waals surface area contributed by atoms with Crippen molar-refractivity contribution in [1.82, 2.24) is 4.98 Å². The number of fused-ring (bicyclic) bond motifs is 1. The molecular formula is C16H9FN2O2. The molecule has 3 rings (SSSR count). The van der Waals surface area contributed by atoms with Crippen LogP contribution < -0.4 is 0 Å². The normalized spacial score (nSPS) is 10.5. The second-order valence-electron chi connectivity index (χ2n) is 4.46. The molecule has 1 aromatic heterocycles. The summed E-state index contributed by atoms with van der Waals surface area (Å²) in [5.41, 5.74) is 0.822. The van der Waals surface area contributed by atoms with Crippen molar-refractivity contribution in [2.75, 3.05) is 0 Å². The molecule has 0 spiro atoms. The quantitative estimate of drug-likeness (QED) is 0.538. The largest absolute Gasteiger partial charge is 0.289 e. The zero-order valence-corrected chi connectivity index (χ0v) is 10.8. The first-order chi connectivity index (χ1) is 10.2. The van der Waals surface area contributed by atoms with E-state index in [2.05, 4.69) is 10.2 Å². The van der Waals surface area contributed by atoms with Gasteiger partial charge in [0.05, 0.1) is 5.56 Å². The van der Waals surface area contributed by atoms with Crippen LogP contribution in [0.5, 0.6) is 0 Å². The van der Waals surface area contributed by atoms with Crippen LogP contribution in [0, 0.1) is 10.7 Å². The van der Waals surface area contributed by atoms with Crippen LogP contribution in [0.25, 0.3) is 10.9 Å². The van der Waals surface area contributed by atoms with Gasteiger partial charge in [-0.3, -0.25) is 9.78 Å². The predicted octanol–water partition coefficient (Wildman–Crippen LogP) is 4.00. The second kappa shape index (κ2) is 5.20. The first-order valence-electron chi connectivity index (χ1n) is 6.22. The monoisotopic (exact) mass is 280 g/mol. The Morgan fingerprint density at radius 1 is 1.05 bits per heavy atom. The maximum atomic E-state index is 12.9. The minimum atomic E-state index is -0.430. The highest BCUT2D eigenvalue weighted by Gasteiger charge is 2.17. The van der Waals surface area contributed by atoms with Crippen LogP contribution in [0.2, 0.25) is 0 Å². The predicted molar refractivity (Wildman–Crippen MR) is 77.0 cm³/mol. The fourth-order valence-corrected chi connectivity index (χ4v) is 2.16. The Morgan fingerprint density at radius 2 is 1.81 bits per heavy atom. The Balaban J connectivity index is 2.18. The summed E-state index contributed by atoms with van der Waals surface area (Å²) in [5.74, 6) is -0.822. The number of nitroso groups, excluding NO2 is 1. The Labute approximate surface area is 119 Å². The van der Waals surface area contributed by atoms with Gasteiger partial charge in [-0.1, -0.05) is 12.1 Å². The average Bonchev–Trinajstić information content (AvgIpc) is 2.53. The fourth-order valence-electron chi connectivity index (χ4n) is 2.16. The van der Waals surface area contributed by atoms with Gasteiger partial charge in [0.15, 0.2) is 5.78 Å². The lowest BCUT2D eigenvalue weighted by Gasteiger charge is -2.06. The Kier molecular flexibility index (Phi) is 3.23. The van der Waals surface area contributed by atoms with Gasteiger partial charge in [-0.2, -0.15) is 0 Å². The van der Waals surface area contributed by atoms with Gasteiger partial charge in [-0.25, -0.2) is 4.39 Å². The van der Waals surface area contributed by atoms with Crippen molar-refractivity contribution in [3.63, 3.8) is 0 Å². The van der Waals surface area contributed by atoms with Crippen molar-refractivity contribution in [3.8, 4) is 0 Å². The number of rotatable bonds is 3. The molecular weight excluding hydrogens is 271 g/mol. The third kappa shape index (κ3) is 2.29. The number of pyridine rings is 1. The summed E-state index contributed by atoms with van der Waals surface area (Å²) in [7, 11) is 0. The topological polar surface area (TPSA) is 59.4 Å². The van der Waals surface area contributed by atoms with Crippen LogP contribution >= 0.6 is 0 Å². The van der Waals surface area contributed by atoms with Gasteiger partial charge in [0.1, 0.15) is 17.0 Å². The Hall–Kier alpha value is -2.95. The molecule has 0 amide bonds. The molecule has 3 aromatic rings. The van der Waals surface area contributed by atoms with Gasteiger partial charge in [0, 0.05) is 17.1 Å². The molecule has 2 aromatic carbocycles. The first-order valence-corrected chi connectivity index (χ1v) is 6.22. The van der Waals surface area contributed by atoms with Gasteiger partial charge >= 0.3 is 0 Å². The van der Waals surface area contributed by atoms with Crippen LogP contribution in [-0.2, 0) is 0 Å². The fraction of sp³-hybridized carbons (Fsp3) is 0. The maximum Gasteiger partial charge on any atom is 0.195 e. The van der Waals surface area contributed by atoms with E-state index in [1.165, 1.54) is 36.5 Å². The molecule has 0 atom stereocenters. The minimum absolute atomic E-state index is 0.00225. The van der Waals surface area contributed by atoms with Crippen LogP contribution in [0.15, 0.2) is 59.9 Å². The van der Waals surface area contributed by atoms with Crippen molar-refractivity contribution < 1.29 is 9.18 Å². The van der Waals surface area contributed by atoms with Gasteiger partial charge in [-0.05, 0) is 41.6 Å². The third-order valence-electron chi connectivity index (χ3n) is 3.19. The maximum absolute atomic E-state index is 12.9. The van der Waals surface area contributed by atoms with E-state index >= 15 is 0 Å². The van der Waals surface area contributed by atoms with E-state index < -0.39 is 11.6 Å². The SMILES string of the molecule is O=Nc1c(C(=O)c2ccc(F)cc2)ccc2cccnc12. The molecule has 0 radical (unpaired) electrons. The second-order valence-corrected chi connectivity index (χ2v) is 4.46. The summed E-state index contributed by atoms with van der Waals surface area (Å²) >= 11 is 0. The lowest BCUT2D eigenvalue weighted by Crippen LogP contribution is -2.02. The van der Waals surface area contributed by atoms with Gasteiger partial charge in [0.25, 0.3) is 0 Å². The van der Waals surface area contributed by atoms with Crippen molar-refractivity contribution in [1.29, 1.82) is 0 Å². The van der Waals surface area contributed by atoms with E-state index in [0.717, 1.165) is 5.39 Å². The van der Waals surface area contributed by atoms with E-state index in [1.807, 2.05) is 0 Å². The third-order valence-corrected chi connectivity index (χ3v) is 3.19. The highest BCUT2D eigenvalue weighted by Crippen LogP contribution is 2.30. The Bertz CT molecular complexity index is 845. The van der Waals surface area contributed by atoms with Crippen LogP contribution in [0.3, 0.4) is 0 Å². The molecule has 0 saturated carbocycles. The minimum Gasteiger partial charge on any atom is -0.289 e. The van der Waals surface area contributed by atoms with E-state index in [4.69, 9.17) is 0 Å². The van der Waals surface area contributed by atoms with Crippen LogP contribution in [-0.4, -0.2) is 10.8 Å². The molecule has 1 heterocycles. The summed E-state index contributed by atoms with van der Waals surface area (Å²) in [5, 5.41) is 3.68. The lowest BCUT2D eigenvalue weighted by atomic mass is 10.00. The van der Waals surface area contributed by atoms with E-state index in [-0.39, 0.29) is 16.8 Å². The average molecular weight is 280 g/mol. The number of benzene rings is 2. The summed E-state index contributed by atoms with van der Waals surface area (Å²) in [6.45, 7) is 0. The molecule has 0 N–H and O–H groups in total. The zero-order valence-electron chi connectivity index (χ0n) is 10.8. The number of aromatic nitrogens is 1. The van der Waals surface area contributed by atoms with Crippen LogP contribution in [0.4, 0.5) is 10.1 Å². The van der Waals surface area contributed by atoms with Gasteiger partial charge < -0.3 is 0 Å². The molecule has 0 saturated heterocycles. The number of halogens is 1. The summed E-state index contributed by atoms with van der Waals surface area (Å²) in [6.07, 6.45) is 1.53. The van der Waals surface area contributed by atoms with Crippen molar-refractivity contribution >= 4 is 22.4 Å². The standard InChI is InChI=1S/C16H9FN2O2/c17-12-6-3-11(4-7-12)16(20)13-8-5-10-2-1-9-18-14(10)15(13)19-21/h1-9H. The summed E-state index contributed by atoms with van der Waals surface area (Å²) in [6, 6.07) is 11.9. The summed E-state index contributed by atoms with van der Waals surface area (Å²) in [4.78, 5) is 27.7. The number of carbonyl (C=O) groups excluding carboxylic acids is 1. The molecule has 0 bridgehead atoms. The van der Waals surface area contributed by atoms with Crippen molar-refractivity contribution in [2.45, 2.75) is 0 Å². The van der Waals surface area contributed by atoms with Crippen molar-refractivity contribution in [2.24, 2.45) is 5.18 Å². The van der Waals surface area contributed by atoms with Crippen molar-refractivity contribution in [3.05, 3.63) is 76.6 Å². The number of nitrogens with zero attached hydrogens (tertiary/aromatic N) is 2. The number of ketones is 1. The molecule has 0 fully saturated rings. The zero-order chi connectivity index (χ0) is 14.8. The summed E-state index contributed by atoms with van der Waals surface area (Å²) < 4.78 is 12.9. The number of hydrogen-bond acceptors (Lipinski definition) is 4. The highest BCUT2D eigenvalue weighted by atomic mass is 19.1. The lowest BCUT2D eigenvalue weighted by molar-refractivity contribution is 0.103. The molecule has 0 aliphatic rings. The van der Waals surface area contributed by atoms with Gasteiger partial charge in [0.2, 0.25) is 0 Å². The van der Waals surface area contributed by atoms with Gasteiger partial charge in [-0.15, -0.1) is 4.91 Å². The molecule has 5 heteroatoms. The van der Waals surface area contributed by atoms with E-state index in [0.29, 0.717) is 5.52 Å². The molecule has 4 nitrogen and oxygen atoms in total. The first kappa shape index (κ1) is 13.1.